The third-order valence-electron chi connectivity index (χ3n) is 3.66. The van der Waals surface area contributed by atoms with Crippen molar-refractivity contribution < 1.29 is 0 Å². The molecule has 2 rings (SSSR count). The van der Waals surface area contributed by atoms with Crippen molar-refractivity contribution in [3.05, 3.63) is 46.3 Å². The van der Waals surface area contributed by atoms with Gasteiger partial charge in [-0.25, -0.2) is 0 Å². The summed E-state index contributed by atoms with van der Waals surface area (Å²) in [6.45, 7) is 9.49. The average molecular weight is 257 g/mol. The van der Waals surface area contributed by atoms with Gasteiger partial charge in [-0.2, -0.15) is 5.10 Å². The van der Waals surface area contributed by atoms with Gasteiger partial charge in [-0.05, 0) is 49.4 Å². The van der Waals surface area contributed by atoms with Crippen LogP contribution in [-0.4, -0.2) is 9.78 Å². The third-order valence-corrected chi connectivity index (χ3v) is 3.66. The van der Waals surface area contributed by atoms with E-state index < -0.39 is 0 Å². The molecule has 1 heterocycles. The lowest BCUT2D eigenvalue weighted by atomic mass is 10.0. The number of rotatable bonds is 4. The fourth-order valence-corrected chi connectivity index (χ4v) is 2.34. The number of benzene rings is 1. The molecule has 0 saturated carbocycles. The van der Waals surface area contributed by atoms with E-state index in [-0.39, 0.29) is 0 Å². The summed E-state index contributed by atoms with van der Waals surface area (Å²) in [5, 5.41) is 7.96. The zero-order chi connectivity index (χ0) is 14.0. The first-order valence-electron chi connectivity index (χ1n) is 6.84. The fourth-order valence-electron chi connectivity index (χ4n) is 2.34. The highest BCUT2D eigenvalue weighted by atomic mass is 15.3. The summed E-state index contributed by atoms with van der Waals surface area (Å²) < 4.78 is 1.87. The topological polar surface area (TPSA) is 29.9 Å². The second kappa shape index (κ2) is 5.47. The van der Waals surface area contributed by atoms with Crippen molar-refractivity contribution in [3.8, 4) is 0 Å². The number of hydrogen-bond acceptors (Lipinski definition) is 2. The molecule has 3 heteroatoms. The summed E-state index contributed by atoms with van der Waals surface area (Å²) in [6, 6.07) is 4.54. The lowest BCUT2D eigenvalue weighted by molar-refractivity contribution is 0.746. The van der Waals surface area contributed by atoms with Gasteiger partial charge in [0.15, 0.2) is 0 Å². The summed E-state index contributed by atoms with van der Waals surface area (Å²) in [5.41, 5.74) is 7.68. The van der Waals surface area contributed by atoms with Crippen LogP contribution < -0.4 is 5.32 Å². The molecule has 0 aliphatic rings. The molecular weight excluding hydrogens is 234 g/mol. The number of anilines is 1. The van der Waals surface area contributed by atoms with Crippen molar-refractivity contribution in [1.29, 1.82) is 0 Å². The zero-order valence-electron chi connectivity index (χ0n) is 12.5. The van der Waals surface area contributed by atoms with Crippen LogP contribution in [0.4, 0.5) is 5.69 Å². The van der Waals surface area contributed by atoms with E-state index in [1.54, 1.807) is 0 Å². The highest BCUT2D eigenvalue weighted by Crippen LogP contribution is 2.19. The van der Waals surface area contributed by atoms with Gasteiger partial charge in [0.2, 0.25) is 0 Å². The fraction of sp³-hybridized carbons (Fsp3) is 0.438. The van der Waals surface area contributed by atoms with Gasteiger partial charge >= 0.3 is 0 Å². The second-order valence-electron chi connectivity index (χ2n) is 5.23. The Balaban J connectivity index is 2.16. The van der Waals surface area contributed by atoms with E-state index in [2.05, 4.69) is 56.4 Å². The maximum absolute atomic E-state index is 4.45. The van der Waals surface area contributed by atoms with Crippen molar-refractivity contribution >= 4 is 5.69 Å². The van der Waals surface area contributed by atoms with Gasteiger partial charge in [-0.3, -0.25) is 4.68 Å². The van der Waals surface area contributed by atoms with Crippen LogP contribution in [0.2, 0.25) is 0 Å². The van der Waals surface area contributed by atoms with Crippen LogP contribution in [0.1, 0.15) is 34.9 Å². The van der Waals surface area contributed by atoms with E-state index in [4.69, 9.17) is 0 Å². The summed E-state index contributed by atoms with van der Waals surface area (Å²) in [4.78, 5) is 0. The van der Waals surface area contributed by atoms with Gasteiger partial charge in [0.05, 0.1) is 11.4 Å². The highest BCUT2D eigenvalue weighted by Gasteiger charge is 2.07. The van der Waals surface area contributed by atoms with Gasteiger partial charge in [0, 0.05) is 19.8 Å². The second-order valence-corrected chi connectivity index (χ2v) is 5.23. The maximum Gasteiger partial charge on any atom is 0.0853 e. The summed E-state index contributed by atoms with van der Waals surface area (Å²) >= 11 is 0. The van der Waals surface area contributed by atoms with Crippen LogP contribution >= 0.6 is 0 Å². The molecule has 3 nitrogen and oxygen atoms in total. The van der Waals surface area contributed by atoms with Crippen molar-refractivity contribution in [3.63, 3.8) is 0 Å². The molecular formula is C16H23N3. The van der Waals surface area contributed by atoms with Gasteiger partial charge < -0.3 is 5.32 Å². The lowest BCUT2D eigenvalue weighted by Crippen LogP contribution is -2.03. The molecule has 0 unspecified atom stereocenters. The Hall–Kier alpha value is -1.77. The predicted octanol–water partition coefficient (Wildman–Crippen LogP) is 3.52. The van der Waals surface area contributed by atoms with Gasteiger partial charge in [0.1, 0.15) is 0 Å². The minimum Gasteiger partial charge on any atom is -0.378 e. The molecule has 1 aromatic carbocycles. The maximum atomic E-state index is 4.45. The molecule has 1 N–H and O–H groups in total. The zero-order valence-corrected chi connectivity index (χ0v) is 12.5. The Bertz CT molecular complexity index is 582. The summed E-state index contributed by atoms with van der Waals surface area (Å²) in [7, 11) is 1.96. The Morgan fingerprint density at radius 1 is 1.11 bits per heavy atom. The van der Waals surface area contributed by atoms with E-state index in [1.807, 2.05) is 11.7 Å². The molecule has 0 aliphatic carbocycles. The Kier molecular flexibility index (Phi) is 3.93. The van der Waals surface area contributed by atoms with Crippen molar-refractivity contribution in [2.45, 2.75) is 40.7 Å². The van der Waals surface area contributed by atoms with Crippen LogP contribution in [0, 0.1) is 20.8 Å². The smallest absolute Gasteiger partial charge is 0.0853 e. The first kappa shape index (κ1) is 13.7. The SMILES string of the molecule is CCc1nn(C)cc1NCc1cc(C)c(C)cc1C. The largest absolute Gasteiger partial charge is 0.378 e. The number of nitrogens with one attached hydrogen (secondary N) is 1. The molecule has 0 radical (unpaired) electrons. The van der Waals surface area contributed by atoms with Crippen molar-refractivity contribution in [2.75, 3.05) is 5.32 Å². The normalized spacial score (nSPS) is 10.8. The van der Waals surface area contributed by atoms with Gasteiger partial charge in [0.25, 0.3) is 0 Å². The van der Waals surface area contributed by atoms with Crippen molar-refractivity contribution in [2.24, 2.45) is 7.05 Å². The number of hydrogen-bond donors (Lipinski definition) is 1. The Morgan fingerprint density at radius 2 is 1.79 bits per heavy atom. The van der Waals surface area contributed by atoms with E-state index >= 15 is 0 Å². The summed E-state index contributed by atoms with van der Waals surface area (Å²) in [6.07, 6.45) is 3.00. The van der Waals surface area contributed by atoms with Gasteiger partial charge in [-0.1, -0.05) is 19.1 Å². The first-order chi connectivity index (χ1) is 9.01. The van der Waals surface area contributed by atoms with Crippen LogP contribution in [0.25, 0.3) is 0 Å². The monoisotopic (exact) mass is 257 g/mol. The van der Waals surface area contributed by atoms with E-state index in [9.17, 15) is 0 Å². The summed E-state index contributed by atoms with van der Waals surface area (Å²) in [5.74, 6) is 0. The van der Waals surface area contributed by atoms with Crippen LogP contribution in [-0.2, 0) is 20.0 Å². The molecule has 0 fully saturated rings. The Labute approximate surface area is 115 Å². The van der Waals surface area contributed by atoms with Gasteiger partial charge in [-0.15, -0.1) is 0 Å². The van der Waals surface area contributed by atoms with Crippen molar-refractivity contribution in [1.82, 2.24) is 9.78 Å². The molecule has 0 amide bonds. The lowest BCUT2D eigenvalue weighted by Gasteiger charge is -2.11. The molecule has 0 atom stereocenters. The standard InChI is InChI=1S/C16H23N3/c1-6-15-16(10-19(5)18-15)17-9-14-8-12(3)11(2)7-13(14)4/h7-8,10,17H,6,9H2,1-5H3. The van der Waals surface area contributed by atoms with Crippen LogP contribution in [0.5, 0.6) is 0 Å². The molecule has 0 aliphatic heterocycles. The molecule has 1 aromatic heterocycles. The quantitative estimate of drug-likeness (QED) is 0.908. The number of nitrogens with zero attached hydrogens (tertiary/aromatic N) is 2. The Morgan fingerprint density at radius 3 is 2.47 bits per heavy atom. The minimum atomic E-state index is 0.853. The molecule has 2 aromatic rings. The average Bonchev–Trinajstić information content (AvgIpc) is 2.72. The third kappa shape index (κ3) is 2.98. The molecule has 0 spiro atoms. The van der Waals surface area contributed by atoms with E-state index in [0.29, 0.717) is 0 Å². The predicted molar refractivity (Wildman–Crippen MR) is 80.6 cm³/mol. The molecule has 0 bridgehead atoms. The first-order valence-corrected chi connectivity index (χ1v) is 6.84. The highest BCUT2D eigenvalue weighted by molar-refractivity contribution is 5.48. The molecule has 0 saturated heterocycles. The number of aromatic nitrogens is 2. The number of aryl methyl sites for hydroxylation is 5. The van der Waals surface area contributed by atoms with Crippen LogP contribution in [0.15, 0.2) is 18.3 Å². The molecule has 102 valence electrons. The minimum absolute atomic E-state index is 0.853. The van der Waals surface area contributed by atoms with E-state index in [0.717, 1.165) is 24.3 Å². The van der Waals surface area contributed by atoms with E-state index in [1.165, 1.54) is 22.3 Å². The molecule has 19 heavy (non-hydrogen) atoms. The van der Waals surface area contributed by atoms with Crippen LogP contribution in [0.3, 0.4) is 0 Å².